The van der Waals surface area contributed by atoms with Crippen LogP contribution in [0.3, 0.4) is 0 Å². The van der Waals surface area contributed by atoms with E-state index in [0.717, 1.165) is 17.8 Å². The molecule has 1 aromatic heterocycles. The molecule has 1 heterocycles. The maximum absolute atomic E-state index is 9.08. The molecule has 0 amide bonds. The Labute approximate surface area is 89.8 Å². The normalized spacial score (nSPS) is 12.7. The first kappa shape index (κ1) is 11.2. The van der Waals surface area contributed by atoms with Crippen LogP contribution in [0.4, 0.5) is 0 Å². The van der Waals surface area contributed by atoms with Gasteiger partial charge in [0.15, 0.2) is 0 Å². The number of hydrogen-bond donors (Lipinski definition) is 0. The molecule has 14 heavy (non-hydrogen) atoms. The predicted molar refractivity (Wildman–Crippen MR) is 60.2 cm³/mol. The molecule has 0 saturated carbocycles. The van der Waals surface area contributed by atoms with Crippen LogP contribution in [0.1, 0.15) is 30.7 Å². The molecule has 0 aliphatic rings. The fourth-order valence-corrected chi connectivity index (χ4v) is 2.20. The average Bonchev–Trinajstić information content (AvgIpc) is 2.69. The zero-order chi connectivity index (χ0) is 10.4. The molecule has 0 aromatic carbocycles. The lowest BCUT2D eigenvalue weighted by Crippen LogP contribution is -2.23. The second-order valence-electron chi connectivity index (χ2n) is 3.38. The fourth-order valence-electron chi connectivity index (χ4n) is 1.36. The molecular weight excluding hydrogens is 192 g/mol. The standard InChI is InChI=1S/C11H16N2S/c1-3-4-7-13(2)10(9-12)11-6-5-8-14-11/h5-6,8,10H,3-4,7H2,1-2H3. The van der Waals surface area contributed by atoms with Crippen LogP contribution in [0.15, 0.2) is 17.5 Å². The monoisotopic (exact) mass is 208 g/mol. The van der Waals surface area contributed by atoms with Gasteiger partial charge in [-0.2, -0.15) is 5.26 Å². The van der Waals surface area contributed by atoms with E-state index in [2.05, 4.69) is 17.9 Å². The third kappa shape index (κ3) is 2.83. The van der Waals surface area contributed by atoms with Crippen molar-refractivity contribution in [3.05, 3.63) is 22.4 Å². The van der Waals surface area contributed by atoms with Gasteiger partial charge in [-0.1, -0.05) is 19.4 Å². The molecule has 0 spiro atoms. The van der Waals surface area contributed by atoms with Crippen LogP contribution >= 0.6 is 11.3 Å². The van der Waals surface area contributed by atoms with Gasteiger partial charge in [0.2, 0.25) is 0 Å². The number of unbranched alkanes of at least 4 members (excludes halogenated alkanes) is 1. The van der Waals surface area contributed by atoms with Crippen molar-refractivity contribution in [2.45, 2.75) is 25.8 Å². The Bertz CT molecular complexity index is 287. The Kier molecular flexibility index (Phi) is 4.64. The zero-order valence-electron chi connectivity index (χ0n) is 8.73. The lowest BCUT2D eigenvalue weighted by molar-refractivity contribution is 0.290. The van der Waals surface area contributed by atoms with Crippen LogP contribution in [-0.4, -0.2) is 18.5 Å². The van der Waals surface area contributed by atoms with Crippen LogP contribution in [-0.2, 0) is 0 Å². The maximum atomic E-state index is 9.08. The Morgan fingerprint density at radius 3 is 2.93 bits per heavy atom. The Balaban J connectivity index is 2.59. The van der Waals surface area contributed by atoms with Gasteiger partial charge in [-0.15, -0.1) is 11.3 Å². The highest BCUT2D eigenvalue weighted by molar-refractivity contribution is 7.10. The largest absolute Gasteiger partial charge is 0.287 e. The van der Waals surface area contributed by atoms with Gasteiger partial charge in [0.1, 0.15) is 6.04 Å². The van der Waals surface area contributed by atoms with E-state index in [4.69, 9.17) is 5.26 Å². The van der Waals surface area contributed by atoms with E-state index < -0.39 is 0 Å². The number of nitriles is 1. The van der Waals surface area contributed by atoms with Crippen molar-refractivity contribution in [1.29, 1.82) is 5.26 Å². The van der Waals surface area contributed by atoms with E-state index in [1.807, 2.05) is 24.6 Å². The first-order chi connectivity index (χ1) is 6.79. The number of nitrogens with zero attached hydrogens (tertiary/aromatic N) is 2. The van der Waals surface area contributed by atoms with Crippen LogP contribution in [0.5, 0.6) is 0 Å². The Hall–Kier alpha value is -0.850. The van der Waals surface area contributed by atoms with Crippen molar-refractivity contribution in [2.24, 2.45) is 0 Å². The fraction of sp³-hybridized carbons (Fsp3) is 0.545. The minimum Gasteiger partial charge on any atom is -0.287 e. The smallest absolute Gasteiger partial charge is 0.132 e. The molecule has 0 aliphatic heterocycles. The second-order valence-corrected chi connectivity index (χ2v) is 4.36. The van der Waals surface area contributed by atoms with Gasteiger partial charge in [0.05, 0.1) is 6.07 Å². The summed E-state index contributed by atoms with van der Waals surface area (Å²) >= 11 is 1.65. The molecule has 2 nitrogen and oxygen atoms in total. The molecule has 76 valence electrons. The highest BCUT2D eigenvalue weighted by Gasteiger charge is 2.16. The summed E-state index contributed by atoms with van der Waals surface area (Å²) in [5, 5.41) is 11.1. The van der Waals surface area contributed by atoms with Crippen LogP contribution in [0.2, 0.25) is 0 Å². The molecule has 3 heteroatoms. The van der Waals surface area contributed by atoms with E-state index in [-0.39, 0.29) is 6.04 Å². The molecule has 0 radical (unpaired) electrons. The highest BCUT2D eigenvalue weighted by atomic mass is 32.1. The van der Waals surface area contributed by atoms with Gasteiger partial charge in [0, 0.05) is 4.88 Å². The quantitative estimate of drug-likeness (QED) is 0.743. The first-order valence-corrected chi connectivity index (χ1v) is 5.80. The second kappa shape index (κ2) is 5.79. The molecule has 1 atom stereocenters. The highest BCUT2D eigenvalue weighted by Crippen LogP contribution is 2.23. The van der Waals surface area contributed by atoms with Crippen molar-refractivity contribution in [3.8, 4) is 6.07 Å². The minimum atomic E-state index is -0.0680. The van der Waals surface area contributed by atoms with E-state index in [0.29, 0.717) is 0 Å². The summed E-state index contributed by atoms with van der Waals surface area (Å²) in [6.07, 6.45) is 2.33. The molecular formula is C11H16N2S. The summed E-state index contributed by atoms with van der Waals surface area (Å²) in [6, 6.07) is 6.31. The zero-order valence-corrected chi connectivity index (χ0v) is 9.55. The van der Waals surface area contributed by atoms with E-state index in [9.17, 15) is 0 Å². The van der Waals surface area contributed by atoms with Crippen molar-refractivity contribution >= 4 is 11.3 Å². The molecule has 0 N–H and O–H groups in total. The van der Waals surface area contributed by atoms with Gasteiger partial charge in [-0.25, -0.2) is 0 Å². The summed E-state index contributed by atoms with van der Waals surface area (Å²) in [4.78, 5) is 3.26. The third-order valence-corrected chi connectivity index (χ3v) is 3.16. The number of hydrogen-bond acceptors (Lipinski definition) is 3. The summed E-state index contributed by atoms with van der Waals surface area (Å²) in [5.74, 6) is 0. The van der Waals surface area contributed by atoms with Crippen molar-refractivity contribution in [2.75, 3.05) is 13.6 Å². The maximum Gasteiger partial charge on any atom is 0.132 e. The van der Waals surface area contributed by atoms with Crippen LogP contribution < -0.4 is 0 Å². The Morgan fingerprint density at radius 2 is 2.43 bits per heavy atom. The number of rotatable bonds is 5. The van der Waals surface area contributed by atoms with Crippen molar-refractivity contribution in [1.82, 2.24) is 4.90 Å². The van der Waals surface area contributed by atoms with Gasteiger partial charge in [-0.3, -0.25) is 4.90 Å². The topological polar surface area (TPSA) is 27.0 Å². The summed E-state index contributed by atoms with van der Waals surface area (Å²) in [5.41, 5.74) is 0. The van der Waals surface area contributed by atoms with E-state index >= 15 is 0 Å². The van der Waals surface area contributed by atoms with E-state index in [1.165, 1.54) is 6.42 Å². The van der Waals surface area contributed by atoms with E-state index in [1.54, 1.807) is 11.3 Å². The summed E-state index contributed by atoms with van der Waals surface area (Å²) < 4.78 is 0. The first-order valence-electron chi connectivity index (χ1n) is 4.92. The Morgan fingerprint density at radius 1 is 1.64 bits per heavy atom. The van der Waals surface area contributed by atoms with Gasteiger partial charge in [0.25, 0.3) is 0 Å². The molecule has 0 saturated heterocycles. The molecule has 0 aliphatic carbocycles. The predicted octanol–water partition coefficient (Wildman–Crippen LogP) is 3.04. The van der Waals surface area contributed by atoms with Crippen LogP contribution in [0.25, 0.3) is 0 Å². The molecule has 1 aromatic rings. The summed E-state index contributed by atoms with van der Waals surface area (Å²) in [7, 11) is 2.02. The number of thiophene rings is 1. The molecule has 1 rings (SSSR count). The average molecular weight is 208 g/mol. The molecule has 1 unspecified atom stereocenters. The summed E-state index contributed by atoms with van der Waals surface area (Å²) in [6.45, 7) is 3.16. The van der Waals surface area contributed by atoms with Gasteiger partial charge < -0.3 is 0 Å². The lowest BCUT2D eigenvalue weighted by atomic mass is 10.2. The van der Waals surface area contributed by atoms with Gasteiger partial charge >= 0.3 is 0 Å². The SMILES string of the molecule is CCCCN(C)C(C#N)c1cccs1. The third-order valence-electron chi connectivity index (χ3n) is 2.24. The van der Waals surface area contributed by atoms with Crippen molar-refractivity contribution in [3.63, 3.8) is 0 Å². The van der Waals surface area contributed by atoms with Gasteiger partial charge in [-0.05, 0) is 31.5 Å². The molecule has 0 bridgehead atoms. The minimum absolute atomic E-state index is 0.0680. The lowest BCUT2D eigenvalue weighted by Gasteiger charge is -2.20. The van der Waals surface area contributed by atoms with Crippen molar-refractivity contribution < 1.29 is 0 Å². The molecule has 0 fully saturated rings. The van der Waals surface area contributed by atoms with Crippen LogP contribution in [0, 0.1) is 11.3 Å².